The van der Waals surface area contributed by atoms with E-state index < -0.39 is 5.72 Å². The molecule has 1 aliphatic rings. The maximum Gasteiger partial charge on any atom is 0.257 e. The third-order valence-electron chi connectivity index (χ3n) is 4.14. The zero-order valence-corrected chi connectivity index (χ0v) is 12.9. The van der Waals surface area contributed by atoms with Gasteiger partial charge in [-0.05, 0) is 17.7 Å². The molecular formula is C19H17NO3. The molecule has 0 spiro atoms. The normalized spacial score (nSPS) is 20.3. The molecular weight excluding hydrogens is 290 g/mol. The number of carbonyl (C=O) groups is 2. The Morgan fingerprint density at radius 1 is 1.04 bits per heavy atom. The third-order valence-corrected chi connectivity index (χ3v) is 4.14. The molecule has 0 saturated carbocycles. The first-order valence-electron chi connectivity index (χ1n) is 7.32. The van der Waals surface area contributed by atoms with Crippen LogP contribution in [0.15, 0.2) is 67.3 Å². The summed E-state index contributed by atoms with van der Waals surface area (Å²) in [5, 5.41) is 0. The van der Waals surface area contributed by atoms with E-state index in [-0.39, 0.29) is 18.2 Å². The van der Waals surface area contributed by atoms with Crippen LogP contribution >= 0.6 is 0 Å². The smallest absolute Gasteiger partial charge is 0.257 e. The summed E-state index contributed by atoms with van der Waals surface area (Å²) in [5.74, 6) is -0.521. The van der Waals surface area contributed by atoms with Crippen LogP contribution in [0.3, 0.4) is 0 Å². The van der Waals surface area contributed by atoms with Gasteiger partial charge in [-0.2, -0.15) is 0 Å². The first-order chi connectivity index (χ1) is 11.1. The van der Waals surface area contributed by atoms with Gasteiger partial charge in [-0.15, -0.1) is 0 Å². The Morgan fingerprint density at radius 3 is 2.26 bits per heavy atom. The van der Waals surface area contributed by atoms with Gasteiger partial charge in [-0.25, -0.2) is 0 Å². The molecule has 1 unspecified atom stereocenters. The molecule has 3 rings (SSSR count). The van der Waals surface area contributed by atoms with E-state index >= 15 is 0 Å². The van der Waals surface area contributed by atoms with Crippen LogP contribution in [0.5, 0.6) is 0 Å². The SMILES string of the molecule is C=CC1(OC)C(=O)c2ccccc2C(=O)N1Cc1ccccc1. The number of hydrogen-bond acceptors (Lipinski definition) is 3. The number of amides is 1. The second kappa shape index (κ2) is 5.82. The van der Waals surface area contributed by atoms with Gasteiger partial charge in [0.25, 0.3) is 5.91 Å². The Balaban J connectivity index is 2.14. The van der Waals surface area contributed by atoms with Gasteiger partial charge in [0, 0.05) is 19.2 Å². The molecule has 0 bridgehead atoms. The lowest BCUT2D eigenvalue weighted by atomic mass is 9.88. The molecule has 2 aromatic rings. The fourth-order valence-corrected chi connectivity index (χ4v) is 2.92. The van der Waals surface area contributed by atoms with E-state index in [2.05, 4.69) is 6.58 Å². The van der Waals surface area contributed by atoms with Gasteiger partial charge < -0.3 is 4.74 Å². The number of methoxy groups -OCH3 is 1. The van der Waals surface area contributed by atoms with E-state index in [1.165, 1.54) is 18.1 Å². The number of hydrogen-bond donors (Lipinski definition) is 0. The number of rotatable bonds is 4. The number of benzene rings is 2. The monoisotopic (exact) mass is 307 g/mol. The molecule has 0 saturated heterocycles. The van der Waals surface area contributed by atoms with Gasteiger partial charge in [0.2, 0.25) is 11.5 Å². The number of ketones is 1. The summed E-state index contributed by atoms with van der Waals surface area (Å²) >= 11 is 0. The van der Waals surface area contributed by atoms with Gasteiger partial charge in [0.1, 0.15) is 0 Å². The van der Waals surface area contributed by atoms with Crippen LogP contribution in [0.2, 0.25) is 0 Å². The molecule has 1 heterocycles. The Labute approximate surface area is 135 Å². The lowest BCUT2D eigenvalue weighted by Gasteiger charge is -2.42. The molecule has 116 valence electrons. The maximum absolute atomic E-state index is 13.0. The number of ether oxygens (including phenoxy) is 1. The largest absolute Gasteiger partial charge is 0.348 e. The molecule has 1 amide bonds. The second-order valence-corrected chi connectivity index (χ2v) is 5.36. The molecule has 1 aliphatic heterocycles. The van der Waals surface area contributed by atoms with Crippen molar-refractivity contribution in [3.63, 3.8) is 0 Å². The molecule has 0 aliphatic carbocycles. The highest BCUT2D eigenvalue weighted by Crippen LogP contribution is 2.33. The first-order valence-corrected chi connectivity index (χ1v) is 7.32. The summed E-state index contributed by atoms with van der Waals surface area (Å²) in [5.41, 5.74) is 0.184. The second-order valence-electron chi connectivity index (χ2n) is 5.36. The highest BCUT2D eigenvalue weighted by molar-refractivity contribution is 6.17. The average molecular weight is 307 g/mol. The van der Waals surface area contributed by atoms with Gasteiger partial charge in [0.05, 0.1) is 5.56 Å². The minimum Gasteiger partial charge on any atom is -0.348 e. The predicted octanol–water partition coefficient (Wildman–Crippen LogP) is 3.05. The van der Waals surface area contributed by atoms with Crippen molar-refractivity contribution in [3.8, 4) is 0 Å². The topological polar surface area (TPSA) is 46.6 Å². The molecule has 0 radical (unpaired) electrons. The van der Waals surface area contributed by atoms with Crippen molar-refractivity contribution in [2.75, 3.05) is 7.11 Å². The minimum atomic E-state index is -1.48. The lowest BCUT2D eigenvalue weighted by Crippen LogP contribution is -2.60. The van der Waals surface area contributed by atoms with Gasteiger partial charge in [-0.3, -0.25) is 14.5 Å². The molecule has 0 aromatic heterocycles. The Bertz CT molecular complexity index is 769. The van der Waals surface area contributed by atoms with Crippen LogP contribution in [-0.2, 0) is 11.3 Å². The van der Waals surface area contributed by atoms with E-state index in [0.717, 1.165) is 5.56 Å². The molecule has 0 N–H and O–H groups in total. The summed E-state index contributed by atoms with van der Waals surface area (Å²) < 4.78 is 5.49. The number of Topliss-reactive ketones (excluding diaryl/α,β-unsaturated/α-hetero) is 1. The zero-order valence-electron chi connectivity index (χ0n) is 12.9. The van der Waals surface area contributed by atoms with E-state index in [4.69, 9.17) is 4.74 Å². The van der Waals surface area contributed by atoms with Crippen LogP contribution in [0.1, 0.15) is 26.3 Å². The summed E-state index contributed by atoms with van der Waals surface area (Å²) in [6.07, 6.45) is 1.39. The first kappa shape index (κ1) is 15.2. The molecule has 0 fully saturated rings. The van der Waals surface area contributed by atoms with Gasteiger partial charge in [-0.1, -0.05) is 55.1 Å². The molecule has 1 atom stereocenters. The van der Waals surface area contributed by atoms with Crippen molar-refractivity contribution in [2.45, 2.75) is 12.3 Å². The number of carbonyl (C=O) groups excluding carboxylic acids is 2. The standard InChI is InChI=1S/C19H17NO3/c1-3-19(23-2)17(21)15-11-7-8-12-16(15)18(22)20(19)13-14-9-5-4-6-10-14/h3-12H,1,13H2,2H3. The highest BCUT2D eigenvalue weighted by atomic mass is 16.5. The Morgan fingerprint density at radius 2 is 1.65 bits per heavy atom. The Kier molecular flexibility index (Phi) is 3.84. The fourth-order valence-electron chi connectivity index (χ4n) is 2.92. The van der Waals surface area contributed by atoms with Gasteiger partial charge in [0.15, 0.2) is 0 Å². The number of fused-ring (bicyclic) bond motifs is 1. The van der Waals surface area contributed by atoms with E-state index in [0.29, 0.717) is 11.1 Å². The fraction of sp³-hybridized carbons (Fsp3) is 0.158. The van der Waals surface area contributed by atoms with Crippen LogP contribution < -0.4 is 0 Å². The van der Waals surface area contributed by atoms with Gasteiger partial charge >= 0.3 is 0 Å². The van der Waals surface area contributed by atoms with Crippen LogP contribution in [0.4, 0.5) is 0 Å². The van der Waals surface area contributed by atoms with Crippen molar-refractivity contribution < 1.29 is 14.3 Å². The molecule has 4 heteroatoms. The van der Waals surface area contributed by atoms with Crippen LogP contribution in [0.25, 0.3) is 0 Å². The van der Waals surface area contributed by atoms with E-state index in [1.54, 1.807) is 24.3 Å². The summed E-state index contributed by atoms with van der Waals surface area (Å²) in [7, 11) is 1.42. The predicted molar refractivity (Wildman–Crippen MR) is 87.0 cm³/mol. The minimum absolute atomic E-state index is 0.245. The van der Waals surface area contributed by atoms with Crippen molar-refractivity contribution in [3.05, 3.63) is 83.9 Å². The third kappa shape index (κ3) is 2.28. The molecule has 2 aromatic carbocycles. The molecule has 4 nitrogen and oxygen atoms in total. The lowest BCUT2D eigenvalue weighted by molar-refractivity contribution is -0.0622. The molecule has 23 heavy (non-hydrogen) atoms. The van der Waals surface area contributed by atoms with Crippen LogP contribution in [0, 0.1) is 0 Å². The van der Waals surface area contributed by atoms with Crippen molar-refractivity contribution in [1.29, 1.82) is 0 Å². The van der Waals surface area contributed by atoms with Crippen molar-refractivity contribution in [2.24, 2.45) is 0 Å². The van der Waals surface area contributed by atoms with E-state index in [9.17, 15) is 9.59 Å². The van der Waals surface area contributed by atoms with Crippen molar-refractivity contribution >= 4 is 11.7 Å². The highest BCUT2D eigenvalue weighted by Gasteiger charge is 2.50. The number of nitrogens with zero attached hydrogens (tertiary/aromatic N) is 1. The summed E-state index contributed by atoms with van der Waals surface area (Å²) in [6.45, 7) is 4.00. The quantitative estimate of drug-likeness (QED) is 0.816. The van der Waals surface area contributed by atoms with E-state index in [1.807, 2.05) is 30.3 Å². The summed E-state index contributed by atoms with van der Waals surface area (Å²) in [4.78, 5) is 27.3. The Hall–Kier alpha value is -2.72. The average Bonchev–Trinajstić information content (AvgIpc) is 2.61. The van der Waals surface area contributed by atoms with Crippen molar-refractivity contribution in [1.82, 2.24) is 4.90 Å². The summed E-state index contributed by atoms with van der Waals surface area (Å²) in [6, 6.07) is 16.3. The zero-order chi connectivity index (χ0) is 16.4. The van der Waals surface area contributed by atoms with Crippen LogP contribution in [-0.4, -0.2) is 29.4 Å². The maximum atomic E-state index is 13.0.